The molecule has 0 amide bonds. The Kier molecular flexibility index (Phi) is 3.42. The molecule has 21 heavy (non-hydrogen) atoms. The average Bonchev–Trinajstić information content (AvgIpc) is 2.97. The minimum Gasteiger partial charge on any atom is -0.384 e. The molecule has 0 aromatic carbocycles. The molecule has 0 unspecified atom stereocenters. The van der Waals surface area contributed by atoms with Gasteiger partial charge in [0.15, 0.2) is 6.19 Å². The predicted molar refractivity (Wildman–Crippen MR) is 82.3 cm³/mol. The summed E-state index contributed by atoms with van der Waals surface area (Å²) in [5.74, 6) is 1.75. The fourth-order valence-corrected chi connectivity index (χ4v) is 3.63. The second-order valence-corrected chi connectivity index (χ2v) is 6.33. The van der Waals surface area contributed by atoms with Gasteiger partial charge in [-0.2, -0.15) is 5.26 Å². The summed E-state index contributed by atoms with van der Waals surface area (Å²) in [4.78, 5) is 8.78. The third-order valence-corrected chi connectivity index (χ3v) is 4.75. The standard InChI is InChI=1S/C15H20N6/c1-15-5-4-10(7-15)6-12(15)21-14(19-9-16)20-11-2-3-13(17)18-8-11/h2-3,8,10,12H,4-7H2,1H3,(H2,17,18)(H2,19,20,21)/t10-,12+,15-/m0/s1. The monoisotopic (exact) mass is 284 g/mol. The number of pyridine rings is 1. The van der Waals surface area contributed by atoms with Crippen molar-refractivity contribution in [3.8, 4) is 6.19 Å². The first kappa shape index (κ1) is 13.7. The molecule has 6 nitrogen and oxygen atoms in total. The molecule has 110 valence electrons. The van der Waals surface area contributed by atoms with Gasteiger partial charge in [-0.15, -0.1) is 0 Å². The van der Waals surface area contributed by atoms with Gasteiger partial charge in [0.1, 0.15) is 5.82 Å². The summed E-state index contributed by atoms with van der Waals surface area (Å²) in [5.41, 5.74) is 6.62. The van der Waals surface area contributed by atoms with E-state index >= 15 is 0 Å². The average molecular weight is 284 g/mol. The van der Waals surface area contributed by atoms with Crippen LogP contribution in [0.2, 0.25) is 0 Å². The summed E-state index contributed by atoms with van der Waals surface area (Å²) in [7, 11) is 0. The molecule has 1 aromatic heterocycles. The number of hydrogen-bond donors (Lipinski definition) is 3. The summed E-state index contributed by atoms with van der Waals surface area (Å²) in [5, 5.41) is 14.7. The van der Waals surface area contributed by atoms with Crippen molar-refractivity contribution in [2.75, 3.05) is 11.1 Å². The van der Waals surface area contributed by atoms with Gasteiger partial charge in [0, 0.05) is 0 Å². The van der Waals surface area contributed by atoms with Gasteiger partial charge < -0.3 is 11.1 Å². The topological polar surface area (TPSA) is 99.1 Å². The van der Waals surface area contributed by atoms with Gasteiger partial charge in [-0.3, -0.25) is 5.32 Å². The Bertz CT molecular complexity index is 587. The van der Waals surface area contributed by atoms with E-state index < -0.39 is 0 Å². The third-order valence-electron chi connectivity index (χ3n) is 4.75. The number of nitrogens with zero attached hydrogens (tertiary/aromatic N) is 3. The van der Waals surface area contributed by atoms with E-state index in [4.69, 9.17) is 16.0 Å². The summed E-state index contributed by atoms with van der Waals surface area (Å²) >= 11 is 0. The third kappa shape index (κ3) is 2.77. The number of nitriles is 1. The van der Waals surface area contributed by atoms with E-state index in [0.29, 0.717) is 11.8 Å². The van der Waals surface area contributed by atoms with Crippen LogP contribution in [0.4, 0.5) is 11.5 Å². The number of aliphatic imine (C=N–C) groups is 1. The Balaban J connectivity index is 1.77. The molecule has 0 saturated heterocycles. The lowest BCUT2D eigenvalue weighted by Crippen LogP contribution is -2.33. The first-order valence-corrected chi connectivity index (χ1v) is 7.30. The lowest BCUT2D eigenvalue weighted by molar-refractivity contribution is 0.283. The van der Waals surface area contributed by atoms with Crippen molar-refractivity contribution in [3.63, 3.8) is 0 Å². The maximum absolute atomic E-state index is 8.91. The fourth-order valence-electron chi connectivity index (χ4n) is 3.63. The van der Waals surface area contributed by atoms with Crippen LogP contribution in [0.5, 0.6) is 0 Å². The van der Waals surface area contributed by atoms with Crippen molar-refractivity contribution in [2.45, 2.75) is 38.6 Å². The smallest absolute Gasteiger partial charge is 0.209 e. The van der Waals surface area contributed by atoms with Crippen LogP contribution in [0.3, 0.4) is 0 Å². The van der Waals surface area contributed by atoms with E-state index in [2.05, 4.69) is 22.5 Å². The highest BCUT2D eigenvalue weighted by Crippen LogP contribution is 2.55. The number of nitrogen functional groups attached to an aromatic ring is 1. The molecule has 3 rings (SSSR count). The molecule has 2 bridgehead atoms. The van der Waals surface area contributed by atoms with Gasteiger partial charge in [-0.05, 0) is 49.1 Å². The van der Waals surface area contributed by atoms with E-state index in [-0.39, 0.29) is 11.5 Å². The van der Waals surface area contributed by atoms with Crippen molar-refractivity contribution in [2.24, 2.45) is 16.3 Å². The SMILES string of the molecule is C[C@@]12CC[C@@H](C[C@H]1N=C(NC#N)Nc1ccc(N)nc1)C2. The molecular formula is C15H20N6. The number of nitrogens with one attached hydrogen (secondary N) is 2. The van der Waals surface area contributed by atoms with Crippen molar-refractivity contribution in [1.82, 2.24) is 10.3 Å². The van der Waals surface area contributed by atoms with Gasteiger partial charge in [0.25, 0.3) is 0 Å². The summed E-state index contributed by atoms with van der Waals surface area (Å²) < 4.78 is 0. The molecule has 6 heteroatoms. The zero-order chi connectivity index (χ0) is 14.9. The molecule has 2 aliphatic carbocycles. The van der Waals surface area contributed by atoms with E-state index in [9.17, 15) is 0 Å². The van der Waals surface area contributed by atoms with Gasteiger partial charge in [-0.1, -0.05) is 6.92 Å². The minimum atomic E-state index is 0.279. The molecular weight excluding hydrogens is 264 g/mol. The maximum atomic E-state index is 8.91. The number of guanidine groups is 1. The van der Waals surface area contributed by atoms with Gasteiger partial charge in [0.2, 0.25) is 5.96 Å². The van der Waals surface area contributed by atoms with E-state index in [0.717, 1.165) is 18.0 Å². The molecule has 0 radical (unpaired) electrons. The highest BCUT2D eigenvalue weighted by atomic mass is 15.2. The lowest BCUT2D eigenvalue weighted by Gasteiger charge is -2.28. The van der Waals surface area contributed by atoms with E-state index in [1.165, 1.54) is 19.3 Å². The lowest BCUT2D eigenvalue weighted by atomic mass is 9.82. The highest BCUT2D eigenvalue weighted by molar-refractivity contribution is 5.94. The van der Waals surface area contributed by atoms with Crippen molar-refractivity contribution >= 4 is 17.5 Å². The Morgan fingerprint density at radius 3 is 3.00 bits per heavy atom. The quantitative estimate of drug-likeness (QED) is 0.334. The Labute approximate surface area is 124 Å². The fraction of sp³-hybridized carbons (Fsp3) is 0.533. The van der Waals surface area contributed by atoms with Crippen LogP contribution < -0.4 is 16.4 Å². The number of nitrogens with two attached hydrogens (primary N) is 1. The second kappa shape index (κ2) is 5.24. The first-order valence-electron chi connectivity index (χ1n) is 7.30. The van der Waals surface area contributed by atoms with Crippen LogP contribution in [-0.2, 0) is 0 Å². The molecule has 2 aliphatic rings. The second-order valence-electron chi connectivity index (χ2n) is 6.33. The zero-order valence-corrected chi connectivity index (χ0v) is 12.1. The molecule has 4 N–H and O–H groups in total. The number of fused-ring (bicyclic) bond motifs is 2. The number of aromatic nitrogens is 1. The summed E-state index contributed by atoms with van der Waals surface area (Å²) in [6, 6.07) is 3.81. The van der Waals surface area contributed by atoms with Gasteiger partial charge in [0.05, 0.1) is 17.9 Å². The minimum absolute atomic E-state index is 0.279. The Hall–Kier alpha value is -2.29. The van der Waals surface area contributed by atoms with Crippen LogP contribution >= 0.6 is 0 Å². The van der Waals surface area contributed by atoms with Crippen molar-refractivity contribution in [1.29, 1.82) is 5.26 Å². The number of anilines is 2. The molecule has 0 spiro atoms. The Morgan fingerprint density at radius 2 is 2.43 bits per heavy atom. The van der Waals surface area contributed by atoms with Crippen LogP contribution in [0.25, 0.3) is 0 Å². The molecule has 2 fully saturated rings. The van der Waals surface area contributed by atoms with Crippen molar-refractivity contribution < 1.29 is 0 Å². The largest absolute Gasteiger partial charge is 0.384 e. The van der Waals surface area contributed by atoms with E-state index in [1.54, 1.807) is 12.3 Å². The van der Waals surface area contributed by atoms with Gasteiger partial charge >= 0.3 is 0 Å². The van der Waals surface area contributed by atoms with Crippen LogP contribution in [0.1, 0.15) is 32.6 Å². The van der Waals surface area contributed by atoms with Crippen LogP contribution in [0, 0.1) is 22.8 Å². The molecule has 3 atom stereocenters. The highest BCUT2D eigenvalue weighted by Gasteiger charge is 2.48. The number of hydrogen-bond acceptors (Lipinski definition) is 4. The van der Waals surface area contributed by atoms with Crippen LogP contribution in [0.15, 0.2) is 23.3 Å². The zero-order valence-electron chi connectivity index (χ0n) is 12.1. The molecule has 1 heterocycles. The first-order chi connectivity index (χ1) is 10.1. The van der Waals surface area contributed by atoms with E-state index in [1.807, 2.05) is 12.3 Å². The maximum Gasteiger partial charge on any atom is 0.209 e. The van der Waals surface area contributed by atoms with Gasteiger partial charge in [-0.25, -0.2) is 9.98 Å². The predicted octanol–water partition coefficient (Wildman–Crippen LogP) is 2.08. The molecule has 1 aromatic rings. The normalized spacial score (nSPS) is 31.0. The Morgan fingerprint density at radius 1 is 1.57 bits per heavy atom. The molecule has 0 aliphatic heterocycles. The van der Waals surface area contributed by atoms with Crippen molar-refractivity contribution in [3.05, 3.63) is 18.3 Å². The summed E-state index contributed by atoms with van der Waals surface area (Å²) in [6.45, 7) is 2.31. The van der Waals surface area contributed by atoms with Crippen LogP contribution in [-0.4, -0.2) is 17.0 Å². The summed E-state index contributed by atoms with van der Waals surface area (Å²) in [6.07, 6.45) is 8.50. The molecule has 2 saturated carbocycles. The number of rotatable bonds is 2.